The zero-order valence-electron chi connectivity index (χ0n) is 10.5. The first-order valence-electron chi connectivity index (χ1n) is 6.35. The third-order valence-electron chi connectivity index (χ3n) is 3.95. The van der Waals surface area contributed by atoms with Gasteiger partial charge in [0.05, 0.1) is 4.88 Å². The van der Waals surface area contributed by atoms with E-state index in [9.17, 15) is 4.79 Å². The second kappa shape index (κ2) is 5.59. The van der Waals surface area contributed by atoms with E-state index in [0.717, 1.165) is 36.4 Å². The average Bonchev–Trinajstić information content (AvgIpc) is 2.81. The third kappa shape index (κ3) is 2.29. The van der Waals surface area contributed by atoms with Crippen molar-refractivity contribution in [1.29, 1.82) is 0 Å². The zero-order valence-corrected chi connectivity index (χ0v) is 12.1. The lowest BCUT2D eigenvalue weighted by Crippen LogP contribution is -2.42. The van der Waals surface area contributed by atoms with E-state index < -0.39 is 0 Å². The molecule has 2 atom stereocenters. The van der Waals surface area contributed by atoms with Crippen molar-refractivity contribution in [2.24, 2.45) is 0 Å². The minimum atomic E-state index is 0. The number of carbonyl (C=O) groups is 1. The molecule has 18 heavy (non-hydrogen) atoms. The van der Waals surface area contributed by atoms with Gasteiger partial charge in [0.15, 0.2) is 0 Å². The Morgan fingerprint density at radius 3 is 2.89 bits per heavy atom. The van der Waals surface area contributed by atoms with Gasteiger partial charge in [-0.2, -0.15) is 0 Å². The largest absolute Gasteiger partial charge is 0.331 e. The maximum Gasteiger partial charge on any atom is 0.264 e. The Morgan fingerprint density at radius 1 is 1.39 bits per heavy atom. The summed E-state index contributed by atoms with van der Waals surface area (Å²) in [6.07, 6.45) is 3.45. The second-order valence-electron chi connectivity index (χ2n) is 5.02. The fraction of sp³-hybridized carbons (Fsp3) is 0.615. The van der Waals surface area contributed by atoms with Gasteiger partial charge in [-0.15, -0.1) is 23.7 Å². The molecule has 3 heterocycles. The summed E-state index contributed by atoms with van der Waals surface area (Å²) in [7, 11) is 0. The molecule has 100 valence electrons. The molecule has 2 aliphatic heterocycles. The van der Waals surface area contributed by atoms with Gasteiger partial charge in [-0.05, 0) is 49.7 Å². The number of amides is 1. The Bertz CT molecular complexity index is 420. The Hall–Kier alpha value is -0.580. The molecule has 1 aromatic heterocycles. The molecule has 2 fully saturated rings. The van der Waals surface area contributed by atoms with Crippen LogP contribution in [0.1, 0.15) is 34.5 Å². The molecule has 0 radical (unpaired) electrons. The van der Waals surface area contributed by atoms with Crippen LogP contribution in [0, 0.1) is 6.92 Å². The number of aryl methyl sites for hydroxylation is 1. The maximum absolute atomic E-state index is 12.6. The Kier molecular flexibility index (Phi) is 4.30. The van der Waals surface area contributed by atoms with Gasteiger partial charge in [0, 0.05) is 18.6 Å². The fourth-order valence-electron chi connectivity index (χ4n) is 3.02. The smallest absolute Gasteiger partial charge is 0.264 e. The van der Waals surface area contributed by atoms with Crippen LogP contribution in [0.15, 0.2) is 11.4 Å². The summed E-state index contributed by atoms with van der Waals surface area (Å²) in [5, 5.41) is 5.45. The molecule has 2 bridgehead atoms. The Balaban J connectivity index is 0.00000120. The van der Waals surface area contributed by atoms with Crippen LogP contribution in [-0.2, 0) is 0 Å². The number of rotatable bonds is 1. The number of hydrogen-bond acceptors (Lipinski definition) is 3. The van der Waals surface area contributed by atoms with Gasteiger partial charge in [0.25, 0.3) is 5.91 Å². The van der Waals surface area contributed by atoms with Crippen molar-refractivity contribution in [1.82, 2.24) is 10.2 Å². The van der Waals surface area contributed by atoms with Crippen LogP contribution in [0.25, 0.3) is 0 Å². The highest BCUT2D eigenvalue weighted by Gasteiger charge is 2.38. The predicted octanol–water partition coefficient (Wildman–Crippen LogP) is 2.44. The van der Waals surface area contributed by atoms with Gasteiger partial charge in [0.2, 0.25) is 0 Å². The topological polar surface area (TPSA) is 32.3 Å². The van der Waals surface area contributed by atoms with Crippen LogP contribution in [0.4, 0.5) is 0 Å². The van der Waals surface area contributed by atoms with Crippen LogP contribution in [0.3, 0.4) is 0 Å². The lowest BCUT2D eigenvalue weighted by Gasteiger charge is -2.27. The van der Waals surface area contributed by atoms with E-state index in [2.05, 4.69) is 10.2 Å². The molecule has 5 heteroatoms. The number of fused-ring (bicyclic) bond motifs is 2. The Morgan fingerprint density at radius 2 is 2.17 bits per heavy atom. The van der Waals surface area contributed by atoms with Gasteiger partial charge < -0.3 is 10.2 Å². The van der Waals surface area contributed by atoms with Crippen molar-refractivity contribution in [3.05, 3.63) is 21.9 Å². The first-order chi connectivity index (χ1) is 8.27. The van der Waals surface area contributed by atoms with Crippen molar-refractivity contribution in [3.8, 4) is 0 Å². The van der Waals surface area contributed by atoms with E-state index in [4.69, 9.17) is 0 Å². The molecule has 0 spiro atoms. The molecular weight excluding hydrogens is 268 g/mol. The number of nitrogens with one attached hydrogen (secondary N) is 1. The van der Waals surface area contributed by atoms with E-state index in [1.165, 1.54) is 6.42 Å². The summed E-state index contributed by atoms with van der Waals surface area (Å²) in [5.41, 5.74) is 1.12. The summed E-state index contributed by atoms with van der Waals surface area (Å²) in [4.78, 5) is 15.7. The lowest BCUT2D eigenvalue weighted by molar-refractivity contribution is 0.0684. The quantitative estimate of drug-likeness (QED) is 0.860. The standard InChI is InChI=1S/C13H18N2OS.ClH/c1-9-5-7-17-12(9)13(16)15-10-2-3-11(15)8-14-6-4-10;/h5,7,10-11,14H,2-4,6,8H2,1H3;1H. The molecule has 0 aromatic carbocycles. The number of thiophene rings is 1. The maximum atomic E-state index is 12.6. The summed E-state index contributed by atoms with van der Waals surface area (Å²) in [6.45, 7) is 4.04. The summed E-state index contributed by atoms with van der Waals surface area (Å²) < 4.78 is 0. The number of hydrogen-bond donors (Lipinski definition) is 1. The van der Waals surface area contributed by atoms with Crippen LogP contribution in [0.5, 0.6) is 0 Å². The van der Waals surface area contributed by atoms with E-state index in [1.54, 1.807) is 11.3 Å². The number of nitrogens with zero attached hydrogens (tertiary/aromatic N) is 1. The van der Waals surface area contributed by atoms with Crippen molar-refractivity contribution in [2.45, 2.75) is 38.3 Å². The van der Waals surface area contributed by atoms with Crippen molar-refractivity contribution in [3.63, 3.8) is 0 Å². The summed E-state index contributed by atoms with van der Waals surface area (Å²) in [6, 6.07) is 2.91. The molecular formula is C13H19ClN2OS. The SMILES string of the molecule is Cc1ccsc1C(=O)N1C2CCNCC1CC2.Cl. The average molecular weight is 287 g/mol. The van der Waals surface area contributed by atoms with Gasteiger partial charge in [0.1, 0.15) is 0 Å². The van der Waals surface area contributed by atoms with Crippen LogP contribution in [-0.4, -0.2) is 36.0 Å². The normalized spacial score (nSPS) is 26.6. The van der Waals surface area contributed by atoms with E-state index in [1.807, 2.05) is 18.4 Å². The van der Waals surface area contributed by atoms with Crippen molar-refractivity contribution >= 4 is 29.7 Å². The molecule has 0 aliphatic carbocycles. The van der Waals surface area contributed by atoms with E-state index in [-0.39, 0.29) is 18.3 Å². The van der Waals surface area contributed by atoms with Crippen LogP contribution >= 0.6 is 23.7 Å². The highest BCUT2D eigenvalue weighted by molar-refractivity contribution is 7.12. The second-order valence-corrected chi connectivity index (χ2v) is 5.94. The summed E-state index contributed by atoms with van der Waals surface area (Å²) in [5.74, 6) is 0.258. The van der Waals surface area contributed by atoms with E-state index in [0.29, 0.717) is 12.1 Å². The molecule has 1 aromatic rings. The Labute approximate surface area is 118 Å². The third-order valence-corrected chi connectivity index (χ3v) is 4.95. The molecule has 3 nitrogen and oxygen atoms in total. The highest BCUT2D eigenvalue weighted by atomic mass is 35.5. The molecule has 2 saturated heterocycles. The predicted molar refractivity (Wildman–Crippen MR) is 76.8 cm³/mol. The minimum Gasteiger partial charge on any atom is -0.331 e. The van der Waals surface area contributed by atoms with Crippen molar-refractivity contribution in [2.75, 3.05) is 13.1 Å². The minimum absolute atomic E-state index is 0. The van der Waals surface area contributed by atoms with Crippen molar-refractivity contribution < 1.29 is 4.79 Å². The number of carbonyl (C=O) groups excluding carboxylic acids is 1. The molecule has 2 unspecified atom stereocenters. The molecule has 3 rings (SSSR count). The van der Waals surface area contributed by atoms with Gasteiger partial charge in [-0.1, -0.05) is 0 Å². The molecule has 1 N–H and O–H groups in total. The fourth-order valence-corrected chi connectivity index (χ4v) is 3.89. The van der Waals surface area contributed by atoms with Gasteiger partial charge in [-0.25, -0.2) is 0 Å². The monoisotopic (exact) mass is 286 g/mol. The zero-order chi connectivity index (χ0) is 11.8. The molecule has 0 saturated carbocycles. The van der Waals surface area contributed by atoms with Crippen LogP contribution < -0.4 is 5.32 Å². The molecule has 1 amide bonds. The molecule has 2 aliphatic rings. The number of halogens is 1. The first kappa shape index (κ1) is 13.8. The van der Waals surface area contributed by atoms with Gasteiger partial charge in [-0.3, -0.25) is 4.79 Å². The van der Waals surface area contributed by atoms with E-state index >= 15 is 0 Å². The highest BCUT2D eigenvalue weighted by Crippen LogP contribution is 2.31. The van der Waals surface area contributed by atoms with Crippen LogP contribution in [0.2, 0.25) is 0 Å². The summed E-state index contributed by atoms with van der Waals surface area (Å²) >= 11 is 1.58. The lowest BCUT2D eigenvalue weighted by atomic mass is 10.1. The first-order valence-corrected chi connectivity index (χ1v) is 7.23. The van der Waals surface area contributed by atoms with Gasteiger partial charge >= 0.3 is 0 Å².